The molecule has 0 aromatic carbocycles. The largest absolute Gasteiger partial charge is 0.396 e. The molecule has 2 unspecified atom stereocenters. The molecule has 0 aromatic heterocycles. The Morgan fingerprint density at radius 2 is 2.40 bits per heavy atom. The van der Waals surface area contributed by atoms with Crippen molar-refractivity contribution in [3.63, 3.8) is 0 Å². The van der Waals surface area contributed by atoms with E-state index in [1.54, 1.807) is 0 Å². The number of Topliss-reactive ketones (excluding diaryl/α,β-unsaturated/α-hetero) is 1. The lowest BCUT2D eigenvalue weighted by atomic mass is 9.82. The van der Waals surface area contributed by atoms with E-state index in [1.807, 2.05) is 0 Å². The maximum absolute atomic E-state index is 11.0. The van der Waals surface area contributed by atoms with Crippen LogP contribution in [0.4, 0.5) is 0 Å². The van der Waals surface area contributed by atoms with Crippen LogP contribution in [0.1, 0.15) is 26.2 Å². The smallest absolute Gasteiger partial charge is 0.138 e. The van der Waals surface area contributed by atoms with Gasteiger partial charge >= 0.3 is 0 Å². The summed E-state index contributed by atoms with van der Waals surface area (Å²) < 4.78 is 0. The van der Waals surface area contributed by atoms with E-state index >= 15 is 0 Å². The molecule has 2 atom stereocenters. The number of hydrogen-bond acceptors (Lipinski definition) is 2. The second kappa shape index (κ2) is 3.15. The molecule has 1 aliphatic carbocycles. The van der Waals surface area contributed by atoms with Crippen LogP contribution >= 0.6 is 0 Å². The highest BCUT2D eigenvalue weighted by Crippen LogP contribution is 2.25. The van der Waals surface area contributed by atoms with Crippen LogP contribution in [0, 0.1) is 11.8 Å². The Kier molecular flexibility index (Phi) is 2.44. The molecule has 0 aromatic rings. The van der Waals surface area contributed by atoms with Gasteiger partial charge in [-0.15, -0.1) is 0 Å². The van der Waals surface area contributed by atoms with E-state index in [9.17, 15) is 4.79 Å². The first-order valence-corrected chi connectivity index (χ1v) is 3.87. The standard InChI is InChI=1S/C8H14O2/c1-6-2-3-8(10)7(4-6)5-9/h6-7,9H,2-5H2,1H3. The van der Waals surface area contributed by atoms with Crippen molar-refractivity contribution >= 4 is 5.78 Å². The molecule has 58 valence electrons. The summed E-state index contributed by atoms with van der Waals surface area (Å²) >= 11 is 0. The average Bonchev–Trinajstić information content (AvgIpc) is 1.94. The van der Waals surface area contributed by atoms with Crippen molar-refractivity contribution in [3.05, 3.63) is 0 Å². The lowest BCUT2D eigenvalue weighted by Crippen LogP contribution is -2.26. The third-order valence-corrected chi connectivity index (χ3v) is 2.25. The van der Waals surface area contributed by atoms with Gasteiger partial charge in [0.2, 0.25) is 0 Å². The highest BCUT2D eigenvalue weighted by Gasteiger charge is 2.25. The SMILES string of the molecule is CC1CCC(=O)C(CO)C1. The molecule has 10 heavy (non-hydrogen) atoms. The van der Waals surface area contributed by atoms with E-state index in [0.717, 1.165) is 12.8 Å². The number of hydrogen-bond donors (Lipinski definition) is 1. The molecule has 0 heterocycles. The van der Waals surface area contributed by atoms with Crippen LogP contribution in [0.3, 0.4) is 0 Å². The van der Waals surface area contributed by atoms with Crippen molar-refractivity contribution in [2.45, 2.75) is 26.2 Å². The van der Waals surface area contributed by atoms with E-state index in [4.69, 9.17) is 5.11 Å². The Bertz CT molecular complexity index is 131. The van der Waals surface area contributed by atoms with Gasteiger partial charge in [0.15, 0.2) is 0 Å². The van der Waals surface area contributed by atoms with E-state index < -0.39 is 0 Å². The van der Waals surface area contributed by atoms with Crippen LogP contribution in [-0.2, 0) is 4.79 Å². The predicted octanol–water partition coefficient (Wildman–Crippen LogP) is 0.984. The third kappa shape index (κ3) is 1.57. The highest BCUT2D eigenvalue weighted by atomic mass is 16.3. The maximum Gasteiger partial charge on any atom is 0.138 e. The molecular formula is C8H14O2. The molecule has 1 N–H and O–H groups in total. The van der Waals surface area contributed by atoms with Gasteiger partial charge in [-0.2, -0.15) is 0 Å². The number of ketones is 1. The van der Waals surface area contributed by atoms with Crippen molar-refractivity contribution in [1.82, 2.24) is 0 Å². The molecule has 1 saturated carbocycles. The van der Waals surface area contributed by atoms with Gasteiger partial charge in [-0.3, -0.25) is 4.79 Å². The van der Waals surface area contributed by atoms with Gasteiger partial charge in [0.05, 0.1) is 6.61 Å². The fraction of sp³-hybridized carbons (Fsp3) is 0.875. The first kappa shape index (κ1) is 7.73. The van der Waals surface area contributed by atoms with E-state index in [2.05, 4.69) is 6.92 Å². The molecular weight excluding hydrogens is 128 g/mol. The summed E-state index contributed by atoms with van der Waals surface area (Å²) in [5.41, 5.74) is 0. The molecule has 0 bridgehead atoms. The summed E-state index contributed by atoms with van der Waals surface area (Å²) in [7, 11) is 0. The summed E-state index contributed by atoms with van der Waals surface area (Å²) in [4.78, 5) is 11.0. The summed E-state index contributed by atoms with van der Waals surface area (Å²) in [6, 6.07) is 0. The minimum atomic E-state index is -0.0521. The van der Waals surface area contributed by atoms with Gasteiger partial charge < -0.3 is 5.11 Å². The Labute approximate surface area is 61.2 Å². The summed E-state index contributed by atoms with van der Waals surface area (Å²) in [5.74, 6) is 0.819. The summed E-state index contributed by atoms with van der Waals surface area (Å²) in [6.45, 7) is 2.18. The van der Waals surface area contributed by atoms with Crippen molar-refractivity contribution in [2.75, 3.05) is 6.61 Å². The zero-order chi connectivity index (χ0) is 7.56. The Morgan fingerprint density at radius 1 is 1.70 bits per heavy atom. The van der Waals surface area contributed by atoms with Crippen LogP contribution in [0.25, 0.3) is 0 Å². The van der Waals surface area contributed by atoms with Gasteiger partial charge in [0, 0.05) is 12.3 Å². The van der Waals surface area contributed by atoms with Crippen molar-refractivity contribution in [1.29, 1.82) is 0 Å². The molecule has 0 aliphatic heterocycles. The van der Waals surface area contributed by atoms with Crippen LogP contribution in [0.15, 0.2) is 0 Å². The van der Waals surface area contributed by atoms with Gasteiger partial charge in [0.25, 0.3) is 0 Å². The monoisotopic (exact) mass is 142 g/mol. The highest BCUT2D eigenvalue weighted by molar-refractivity contribution is 5.81. The molecule has 2 heteroatoms. The quantitative estimate of drug-likeness (QED) is 0.592. The Hall–Kier alpha value is -0.370. The number of aliphatic hydroxyl groups excluding tert-OH is 1. The number of carbonyl (C=O) groups is 1. The lowest BCUT2D eigenvalue weighted by molar-refractivity contribution is -0.126. The van der Waals surface area contributed by atoms with Crippen LogP contribution in [0.5, 0.6) is 0 Å². The molecule has 2 nitrogen and oxygen atoms in total. The van der Waals surface area contributed by atoms with Crippen molar-refractivity contribution in [2.24, 2.45) is 11.8 Å². The molecule has 0 saturated heterocycles. The molecule has 0 amide bonds. The second-order valence-electron chi connectivity index (χ2n) is 3.23. The minimum Gasteiger partial charge on any atom is -0.396 e. The van der Waals surface area contributed by atoms with Gasteiger partial charge in [-0.25, -0.2) is 0 Å². The van der Waals surface area contributed by atoms with E-state index in [-0.39, 0.29) is 18.3 Å². The summed E-state index contributed by atoms with van der Waals surface area (Å²) in [6.07, 6.45) is 2.57. The fourth-order valence-corrected chi connectivity index (χ4v) is 1.50. The maximum atomic E-state index is 11.0. The van der Waals surface area contributed by atoms with Gasteiger partial charge in [-0.05, 0) is 18.8 Å². The zero-order valence-electron chi connectivity index (χ0n) is 6.34. The number of carbonyl (C=O) groups excluding carboxylic acids is 1. The first-order valence-electron chi connectivity index (χ1n) is 3.87. The van der Waals surface area contributed by atoms with Gasteiger partial charge in [0.1, 0.15) is 5.78 Å². The summed E-state index contributed by atoms with van der Waals surface area (Å²) in [5, 5.41) is 8.76. The third-order valence-electron chi connectivity index (χ3n) is 2.25. The Balaban J connectivity index is 2.45. The van der Waals surface area contributed by atoms with E-state index in [0.29, 0.717) is 12.3 Å². The number of aliphatic hydroxyl groups is 1. The molecule has 0 radical (unpaired) electrons. The minimum absolute atomic E-state index is 0.0448. The number of rotatable bonds is 1. The van der Waals surface area contributed by atoms with Crippen LogP contribution in [-0.4, -0.2) is 17.5 Å². The predicted molar refractivity (Wildman–Crippen MR) is 38.6 cm³/mol. The normalized spacial score (nSPS) is 34.4. The fourth-order valence-electron chi connectivity index (χ4n) is 1.50. The average molecular weight is 142 g/mol. The Morgan fingerprint density at radius 3 is 2.90 bits per heavy atom. The van der Waals surface area contributed by atoms with Crippen molar-refractivity contribution < 1.29 is 9.90 Å². The van der Waals surface area contributed by atoms with Gasteiger partial charge in [-0.1, -0.05) is 6.92 Å². The van der Waals surface area contributed by atoms with E-state index in [1.165, 1.54) is 0 Å². The van der Waals surface area contributed by atoms with Crippen LogP contribution < -0.4 is 0 Å². The zero-order valence-corrected chi connectivity index (χ0v) is 6.34. The molecule has 1 fully saturated rings. The molecule has 1 aliphatic rings. The lowest BCUT2D eigenvalue weighted by Gasteiger charge is -2.23. The second-order valence-corrected chi connectivity index (χ2v) is 3.23. The first-order chi connectivity index (χ1) is 4.74. The van der Waals surface area contributed by atoms with Crippen molar-refractivity contribution in [3.8, 4) is 0 Å². The molecule has 1 rings (SSSR count). The molecule has 0 spiro atoms. The van der Waals surface area contributed by atoms with Crippen LogP contribution in [0.2, 0.25) is 0 Å². The topological polar surface area (TPSA) is 37.3 Å².